The molecule has 21 heavy (non-hydrogen) atoms. The predicted molar refractivity (Wildman–Crippen MR) is 82.6 cm³/mol. The molecule has 0 aromatic carbocycles. The lowest BCUT2D eigenvalue weighted by molar-refractivity contribution is 0.446. The highest BCUT2D eigenvalue weighted by molar-refractivity contribution is 7.89. The van der Waals surface area contributed by atoms with Gasteiger partial charge in [-0.2, -0.15) is 0 Å². The van der Waals surface area contributed by atoms with Crippen molar-refractivity contribution in [3.63, 3.8) is 0 Å². The van der Waals surface area contributed by atoms with Crippen LogP contribution in [-0.2, 0) is 16.6 Å². The lowest BCUT2D eigenvalue weighted by Crippen LogP contribution is -2.28. The summed E-state index contributed by atoms with van der Waals surface area (Å²) in [5, 5.41) is 3.32. The lowest BCUT2D eigenvalue weighted by Gasteiger charge is -2.15. The predicted octanol–water partition coefficient (Wildman–Crippen LogP) is 2.43. The fourth-order valence-corrected chi connectivity index (χ4v) is 3.54. The number of nitrogens with one attached hydrogen (secondary N) is 1. The van der Waals surface area contributed by atoms with Gasteiger partial charge in [0.2, 0.25) is 10.0 Å². The number of allylic oxidation sites excluding steroid dienone is 1. The van der Waals surface area contributed by atoms with Gasteiger partial charge in [-0.25, -0.2) is 12.7 Å². The van der Waals surface area contributed by atoms with Crippen molar-refractivity contribution in [1.82, 2.24) is 9.62 Å². The number of sulfonamides is 1. The summed E-state index contributed by atoms with van der Waals surface area (Å²) < 4.78 is 32.0. The fourth-order valence-electron chi connectivity index (χ4n) is 2.15. The molecule has 0 spiro atoms. The van der Waals surface area contributed by atoms with E-state index in [1.54, 1.807) is 26.1 Å². The monoisotopic (exact) mass is 312 g/mol. The van der Waals surface area contributed by atoms with Gasteiger partial charge in [0.05, 0.1) is 6.54 Å². The molecule has 1 fully saturated rings. The van der Waals surface area contributed by atoms with Crippen LogP contribution in [0, 0.1) is 6.92 Å². The molecule has 0 aliphatic heterocycles. The number of rotatable bonds is 9. The van der Waals surface area contributed by atoms with E-state index < -0.39 is 10.0 Å². The van der Waals surface area contributed by atoms with Crippen LogP contribution in [0.2, 0.25) is 0 Å². The summed E-state index contributed by atoms with van der Waals surface area (Å²) in [6.45, 7) is 6.41. The standard InChI is InChI=1S/C15H24N2O3S/c1-4-5-6-9-17(3)21(18,19)15-10-14(20-12(15)2)11-16-13-7-8-13/h4,10,13,16H,1,5-9,11H2,2-3H3. The molecule has 0 unspecified atom stereocenters. The van der Waals surface area contributed by atoms with Crippen molar-refractivity contribution < 1.29 is 12.8 Å². The van der Waals surface area contributed by atoms with E-state index in [0.29, 0.717) is 30.7 Å². The zero-order valence-corrected chi connectivity index (χ0v) is 13.6. The summed E-state index contributed by atoms with van der Waals surface area (Å²) in [6.07, 6.45) is 5.76. The topological polar surface area (TPSA) is 62.6 Å². The summed E-state index contributed by atoms with van der Waals surface area (Å²) in [5.74, 6) is 1.13. The molecule has 1 aromatic heterocycles. The second kappa shape index (κ2) is 6.77. The van der Waals surface area contributed by atoms with E-state index >= 15 is 0 Å². The molecule has 0 bridgehead atoms. The Morgan fingerprint density at radius 1 is 1.52 bits per heavy atom. The van der Waals surface area contributed by atoms with Crippen molar-refractivity contribution in [3.8, 4) is 0 Å². The molecule has 0 radical (unpaired) electrons. The normalized spacial score (nSPS) is 15.6. The van der Waals surface area contributed by atoms with Crippen LogP contribution in [0.4, 0.5) is 0 Å². The molecular formula is C15H24N2O3S. The van der Waals surface area contributed by atoms with Crippen LogP contribution in [0.15, 0.2) is 28.0 Å². The maximum atomic E-state index is 12.5. The van der Waals surface area contributed by atoms with Crippen LogP contribution in [0.5, 0.6) is 0 Å². The quantitative estimate of drug-likeness (QED) is 0.562. The minimum Gasteiger partial charge on any atom is -0.464 e. The number of hydrogen-bond acceptors (Lipinski definition) is 4. The Bertz CT molecular complexity index is 588. The third kappa shape index (κ3) is 4.18. The van der Waals surface area contributed by atoms with Crippen molar-refractivity contribution in [1.29, 1.82) is 0 Å². The first-order chi connectivity index (χ1) is 9.95. The minimum atomic E-state index is -3.47. The van der Waals surface area contributed by atoms with Gasteiger partial charge in [0.1, 0.15) is 16.4 Å². The highest BCUT2D eigenvalue weighted by Gasteiger charge is 2.26. The van der Waals surface area contributed by atoms with Gasteiger partial charge in [0.15, 0.2) is 0 Å². The Morgan fingerprint density at radius 2 is 2.24 bits per heavy atom. The largest absolute Gasteiger partial charge is 0.464 e. The van der Waals surface area contributed by atoms with Gasteiger partial charge < -0.3 is 9.73 Å². The van der Waals surface area contributed by atoms with E-state index in [9.17, 15) is 8.42 Å². The number of aryl methyl sites for hydroxylation is 1. The van der Waals surface area contributed by atoms with E-state index in [2.05, 4.69) is 11.9 Å². The van der Waals surface area contributed by atoms with Crippen molar-refractivity contribution in [3.05, 3.63) is 30.2 Å². The van der Waals surface area contributed by atoms with E-state index in [1.807, 2.05) is 0 Å². The van der Waals surface area contributed by atoms with Crippen LogP contribution in [0.3, 0.4) is 0 Å². The van der Waals surface area contributed by atoms with Gasteiger partial charge >= 0.3 is 0 Å². The molecule has 1 aromatic rings. The molecule has 1 aliphatic carbocycles. The van der Waals surface area contributed by atoms with Gasteiger partial charge in [-0.3, -0.25) is 0 Å². The highest BCUT2D eigenvalue weighted by Crippen LogP contribution is 2.24. The first-order valence-electron chi connectivity index (χ1n) is 7.35. The van der Waals surface area contributed by atoms with Gasteiger partial charge in [-0.15, -0.1) is 6.58 Å². The van der Waals surface area contributed by atoms with E-state index in [0.717, 1.165) is 12.8 Å². The Kier molecular flexibility index (Phi) is 5.24. The van der Waals surface area contributed by atoms with Crippen LogP contribution >= 0.6 is 0 Å². The molecule has 2 rings (SSSR count). The molecule has 1 N–H and O–H groups in total. The molecule has 0 atom stereocenters. The van der Waals surface area contributed by atoms with Crippen LogP contribution in [-0.4, -0.2) is 32.4 Å². The highest BCUT2D eigenvalue weighted by atomic mass is 32.2. The molecule has 6 heteroatoms. The van der Waals surface area contributed by atoms with E-state index in [4.69, 9.17) is 4.42 Å². The molecule has 1 heterocycles. The molecule has 1 aliphatic rings. The Morgan fingerprint density at radius 3 is 2.86 bits per heavy atom. The molecular weight excluding hydrogens is 288 g/mol. The SMILES string of the molecule is C=CCCCN(C)S(=O)(=O)c1cc(CNC2CC2)oc1C. The zero-order valence-electron chi connectivity index (χ0n) is 12.8. The molecule has 1 saturated carbocycles. The Labute approximate surface area is 127 Å². The smallest absolute Gasteiger partial charge is 0.246 e. The summed E-state index contributed by atoms with van der Waals surface area (Å²) in [5.41, 5.74) is 0. The number of unbranched alkanes of at least 4 members (excludes halogenated alkanes) is 1. The Balaban J connectivity index is 2.05. The van der Waals surface area contributed by atoms with Gasteiger partial charge in [-0.1, -0.05) is 6.08 Å². The first kappa shape index (κ1) is 16.3. The van der Waals surface area contributed by atoms with Gasteiger partial charge in [0.25, 0.3) is 0 Å². The fraction of sp³-hybridized carbons (Fsp3) is 0.600. The van der Waals surface area contributed by atoms with Crippen LogP contribution in [0.25, 0.3) is 0 Å². The average Bonchev–Trinajstić information content (AvgIpc) is 3.18. The third-order valence-corrected chi connectivity index (χ3v) is 5.60. The second-order valence-electron chi connectivity index (χ2n) is 5.55. The molecule has 0 amide bonds. The first-order valence-corrected chi connectivity index (χ1v) is 8.79. The minimum absolute atomic E-state index is 0.274. The van der Waals surface area contributed by atoms with Crippen LogP contribution in [0.1, 0.15) is 37.2 Å². The average molecular weight is 312 g/mol. The van der Waals surface area contributed by atoms with E-state index in [1.165, 1.54) is 17.1 Å². The van der Waals surface area contributed by atoms with Crippen molar-refractivity contribution in [2.24, 2.45) is 0 Å². The van der Waals surface area contributed by atoms with Crippen LogP contribution < -0.4 is 5.32 Å². The summed E-state index contributed by atoms with van der Waals surface area (Å²) in [6, 6.07) is 2.21. The zero-order chi connectivity index (χ0) is 15.5. The summed E-state index contributed by atoms with van der Waals surface area (Å²) in [4.78, 5) is 0.274. The number of nitrogens with zero attached hydrogens (tertiary/aromatic N) is 1. The number of furan rings is 1. The van der Waals surface area contributed by atoms with Gasteiger partial charge in [-0.05, 0) is 32.6 Å². The van der Waals surface area contributed by atoms with Gasteiger partial charge in [0, 0.05) is 25.7 Å². The Hall–Kier alpha value is -1.11. The maximum Gasteiger partial charge on any atom is 0.246 e. The van der Waals surface area contributed by atoms with Crippen molar-refractivity contribution in [2.75, 3.05) is 13.6 Å². The second-order valence-corrected chi connectivity index (χ2v) is 7.56. The summed E-state index contributed by atoms with van der Waals surface area (Å²) in [7, 11) is -1.87. The van der Waals surface area contributed by atoms with Crippen molar-refractivity contribution >= 4 is 10.0 Å². The molecule has 5 nitrogen and oxygen atoms in total. The number of hydrogen-bond donors (Lipinski definition) is 1. The third-order valence-electron chi connectivity index (χ3n) is 3.64. The lowest BCUT2D eigenvalue weighted by atomic mass is 10.3. The molecule has 0 saturated heterocycles. The van der Waals surface area contributed by atoms with E-state index in [-0.39, 0.29) is 4.90 Å². The van der Waals surface area contributed by atoms with Crippen molar-refractivity contribution in [2.45, 2.75) is 50.1 Å². The summed E-state index contributed by atoms with van der Waals surface area (Å²) >= 11 is 0. The molecule has 118 valence electrons. The maximum absolute atomic E-state index is 12.5.